The van der Waals surface area contributed by atoms with Crippen LogP contribution >= 0.6 is 0 Å². The standard InChI is InChI=1S/C52H93NO5/c1-3-5-7-9-11-13-15-21-26-30-34-38-42-46-52(57)58-47-43-39-35-31-27-23-20-18-16-17-19-22-25-29-33-37-41-45-51(56)53-49(48-54)50(55)44-40-36-32-28-24-14-12-10-8-6-4-2/h7,9,13,15-16,18,23,27,40,44,49-50,54-55H,3-6,8,10-12,14,17,19-22,24-26,28-39,41-43,45-48H2,1-2H3,(H,53,56)/b9-7-,15-13-,18-16-,27-23-,44-40+. The van der Waals surface area contributed by atoms with Gasteiger partial charge in [-0.2, -0.15) is 0 Å². The molecule has 0 aliphatic carbocycles. The number of hydrogen-bond acceptors (Lipinski definition) is 5. The Morgan fingerprint density at radius 1 is 0.483 bits per heavy atom. The van der Waals surface area contributed by atoms with Crippen LogP contribution in [0, 0.1) is 0 Å². The van der Waals surface area contributed by atoms with Crippen molar-refractivity contribution in [3.63, 3.8) is 0 Å². The molecule has 0 bridgehead atoms. The minimum Gasteiger partial charge on any atom is -0.466 e. The fourth-order valence-electron chi connectivity index (χ4n) is 6.93. The molecule has 0 saturated heterocycles. The molecule has 1 amide bonds. The van der Waals surface area contributed by atoms with Crippen LogP contribution < -0.4 is 5.32 Å². The number of hydrogen-bond donors (Lipinski definition) is 3. The molecular weight excluding hydrogens is 719 g/mol. The van der Waals surface area contributed by atoms with Crippen molar-refractivity contribution in [3.8, 4) is 0 Å². The average molecular weight is 812 g/mol. The zero-order valence-corrected chi connectivity index (χ0v) is 38.0. The highest BCUT2D eigenvalue weighted by molar-refractivity contribution is 5.76. The zero-order chi connectivity index (χ0) is 42.3. The van der Waals surface area contributed by atoms with E-state index in [9.17, 15) is 19.8 Å². The largest absolute Gasteiger partial charge is 0.466 e. The minimum atomic E-state index is -0.855. The highest BCUT2D eigenvalue weighted by atomic mass is 16.5. The van der Waals surface area contributed by atoms with E-state index in [-0.39, 0.29) is 18.5 Å². The first-order chi connectivity index (χ1) is 28.5. The number of aliphatic hydroxyl groups excluding tert-OH is 2. The van der Waals surface area contributed by atoms with Crippen LogP contribution in [0.15, 0.2) is 60.8 Å². The van der Waals surface area contributed by atoms with Gasteiger partial charge in [-0.15, -0.1) is 0 Å². The van der Waals surface area contributed by atoms with Gasteiger partial charge in [-0.05, 0) is 96.3 Å². The van der Waals surface area contributed by atoms with E-state index < -0.39 is 12.1 Å². The molecule has 0 aliphatic heterocycles. The Morgan fingerprint density at radius 2 is 0.897 bits per heavy atom. The lowest BCUT2D eigenvalue weighted by molar-refractivity contribution is -0.143. The predicted octanol–water partition coefficient (Wildman–Crippen LogP) is 14.5. The fourth-order valence-corrected chi connectivity index (χ4v) is 6.93. The maximum absolute atomic E-state index is 12.4. The molecule has 0 aromatic rings. The number of aliphatic hydroxyl groups is 2. The van der Waals surface area contributed by atoms with Gasteiger partial charge in [-0.3, -0.25) is 9.59 Å². The number of nitrogens with one attached hydrogen (secondary N) is 1. The van der Waals surface area contributed by atoms with Crippen LogP contribution in [0.2, 0.25) is 0 Å². The quantitative estimate of drug-likeness (QED) is 0.0323. The van der Waals surface area contributed by atoms with Crippen LogP contribution in [0.25, 0.3) is 0 Å². The first-order valence-corrected chi connectivity index (χ1v) is 24.6. The molecule has 0 aromatic heterocycles. The predicted molar refractivity (Wildman–Crippen MR) is 250 cm³/mol. The normalized spacial score (nSPS) is 13.2. The summed E-state index contributed by atoms with van der Waals surface area (Å²) < 4.78 is 5.42. The Balaban J connectivity index is 3.55. The second-order valence-corrected chi connectivity index (χ2v) is 16.4. The fraction of sp³-hybridized carbons (Fsp3) is 0.769. The number of esters is 1. The number of allylic oxidation sites excluding steroid dienone is 9. The SMILES string of the molecule is CCC/C=C\C/C=C\CCCCCCCC(=O)OCCCCC/C=C\C/C=C\CCCCCCCCCC(=O)NC(CO)C(O)/C=C/CCCCCCCCCCC. The maximum Gasteiger partial charge on any atom is 0.305 e. The van der Waals surface area contributed by atoms with Crippen LogP contribution in [0.4, 0.5) is 0 Å². The van der Waals surface area contributed by atoms with Crippen LogP contribution in [-0.2, 0) is 14.3 Å². The third-order valence-corrected chi connectivity index (χ3v) is 10.7. The van der Waals surface area contributed by atoms with Gasteiger partial charge in [-0.25, -0.2) is 0 Å². The molecule has 2 atom stereocenters. The molecule has 0 aliphatic rings. The summed E-state index contributed by atoms with van der Waals surface area (Å²) in [7, 11) is 0. The van der Waals surface area contributed by atoms with Crippen molar-refractivity contribution in [1.29, 1.82) is 0 Å². The van der Waals surface area contributed by atoms with E-state index in [0.29, 0.717) is 19.4 Å². The molecular formula is C52H93NO5. The number of amides is 1. The van der Waals surface area contributed by atoms with E-state index in [1.54, 1.807) is 6.08 Å². The molecule has 0 fully saturated rings. The van der Waals surface area contributed by atoms with Crippen molar-refractivity contribution in [1.82, 2.24) is 5.32 Å². The van der Waals surface area contributed by atoms with E-state index in [0.717, 1.165) is 96.3 Å². The van der Waals surface area contributed by atoms with Gasteiger partial charge in [-0.1, -0.05) is 184 Å². The molecule has 6 nitrogen and oxygen atoms in total. The molecule has 0 saturated carbocycles. The number of carbonyl (C=O) groups is 2. The summed E-state index contributed by atoms with van der Waals surface area (Å²) in [6.45, 7) is 4.75. The van der Waals surface area contributed by atoms with Gasteiger partial charge in [0.05, 0.1) is 25.4 Å². The van der Waals surface area contributed by atoms with Crippen molar-refractivity contribution in [2.75, 3.05) is 13.2 Å². The summed E-state index contributed by atoms with van der Waals surface area (Å²) in [6.07, 6.45) is 59.3. The molecule has 0 radical (unpaired) electrons. The Hall–Kier alpha value is -2.44. The third-order valence-electron chi connectivity index (χ3n) is 10.7. The lowest BCUT2D eigenvalue weighted by atomic mass is 10.1. The Kier molecular flexibility index (Phi) is 45.3. The summed E-state index contributed by atoms with van der Waals surface area (Å²) in [6, 6.07) is -0.640. The summed E-state index contributed by atoms with van der Waals surface area (Å²) in [5.41, 5.74) is 0. The smallest absolute Gasteiger partial charge is 0.305 e. The van der Waals surface area contributed by atoms with Crippen molar-refractivity contribution < 1.29 is 24.5 Å². The van der Waals surface area contributed by atoms with Gasteiger partial charge in [0.15, 0.2) is 0 Å². The second kappa shape index (κ2) is 47.2. The van der Waals surface area contributed by atoms with Crippen LogP contribution in [0.5, 0.6) is 0 Å². The van der Waals surface area contributed by atoms with Gasteiger partial charge in [0.1, 0.15) is 0 Å². The first-order valence-electron chi connectivity index (χ1n) is 24.6. The summed E-state index contributed by atoms with van der Waals surface area (Å²) in [4.78, 5) is 24.4. The van der Waals surface area contributed by atoms with Gasteiger partial charge in [0.2, 0.25) is 5.91 Å². The molecule has 2 unspecified atom stereocenters. The lowest BCUT2D eigenvalue weighted by Gasteiger charge is -2.20. The summed E-state index contributed by atoms with van der Waals surface area (Å²) >= 11 is 0. The van der Waals surface area contributed by atoms with Gasteiger partial charge < -0.3 is 20.3 Å². The van der Waals surface area contributed by atoms with E-state index in [1.165, 1.54) is 109 Å². The first kappa shape index (κ1) is 55.6. The average Bonchev–Trinajstić information content (AvgIpc) is 3.22. The molecule has 336 valence electrons. The molecule has 0 spiro atoms. The van der Waals surface area contributed by atoms with Crippen molar-refractivity contribution in [3.05, 3.63) is 60.8 Å². The van der Waals surface area contributed by atoms with E-state index in [1.807, 2.05) is 6.08 Å². The Bertz CT molecular complexity index is 1030. The highest BCUT2D eigenvalue weighted by Crippen LogP contribution is 2.13. The van der Waals surface area contributed by atoms with Crippen molar-refractivity contribution in [2.45, 2.75) is 244 Å². The van der Waals surface area contributed by atoms with Crippen LogP contribution in [-0.4, -0.2) is 47.4 Å². The Morgan fingerprint density at radius 3 is 1.38 bits per heavy atom. The molecule has 0 heterocycles. The highest BCUT2D eigenvalue weighted by Gasteiger charge is 2.18. The van der Waals surface area contributed by atoms with Gasteiger partial charge >= 0.3 is 5.97 Å². The van der Waals surface area contributed by atoms with E-state index in [4.69, 9.17) is 4.74 Å². The number of rotatable bonds is 44. The van der Waals surface area contributed by atoms with Gasteiger partial charge in [0.25, 0.3) is 0 Å². The van der Waals surface area contributed by atoms with Gasteiger partial charge in [0, 0.05) is 12.8 Å². The monoisotopic (exact) mass is 812 g/mol. The topological polar surface area (TPSA) is 95.9 Å². The molecule has 0 aromatic carbocycles. The van der Waals surface area contributed by atoms with Crippen LogP contribution in [0.3, 0.4) is 0 Å². The summed E-state index contributed by atoms with van der Waals surface area (Å²) in [5, 5.41) is 22.9. The molecule has 58 heavy (non-hydrogen) atoms. The number of carbonyl (C=O) groups excluding carboxylic acids is 2. The lowest BCUT2D eigenvalue weighted by Crippen LogP contribution is -2.45. The third kappa shape index (κ3) is 43.1. The number of unbranched alkanes of at least 4 members (excludes halogenated alkanes) is 25. The number of ether oxygens (including phenoxy) is 1. The maximum atomic E-state index is 12.4. The summed E-state index contributed by atoms with van der Waals surface area (Å²) in [5.74, 6) is -0.122. The van der Waals surface area contributed by atoms with Crippen LogP contribution in [0.1, 0.15) is 232 Å². The Labute approximate surface area is 358 Å². The van der Waals surface area contributed by atoms with E-state index >= 15 is 0 Å². The molecule has 6 heteroatoms. The second-order valence-electron chi connectivity index (χ2n) is 16.4. The molecule has 3 N–H and O–H groups in total. The molecule has 0 rings (SSSR count). The minimum absolute atomic E-state index is 0.0333. The zero-order valence-electron chi connectivity index (χ0n) is 38.0. The van der Waals surface area contributed by atoms with Crippen molar-refractivity contribution in [2.24, 2.45) is 0 Å². The van der Waals surface area contributed by atoms with E-state index in [2.05, 4.69) is 67.8 Å². The van der Waals surface area contributed by atoms with Crippen molar-refractivity contribution >= 4 is 11.9 Å².